The second-order valence-corrected chi connectivity index (χ2v) is 22.8. The van der Waals surface area contributed by atoms with Crippen LogP contribution in [0.4, 0.5) is 0 Å². The number of hydrogen-bond donors (Lipinski definition) is 5. The fourth-order valence-corrected chi connectivity index (χ4v) is 10.4. The summed E-state index contributed by atoms with van der Waals surface area (Å²) >= 11 is 0. The van der Waals surface area contributed by atoms with Crippen molar-refractivity contribution in [1.29, 1.82) is 0 Å². The van der Waals surface area contributed by atoms with Crippen molar-refractivity contribution in [1.82, 2.24) is 5.32 Å². The minimum Gasteiger partial charge on any atom is -0.394 e. The van der Waals surface area contributed by atoms with Gasteiger partial charge in [-0.2, -0.15) is 0 Å². The summed E-state index contributed by atoms with van der Waals surface area (Å²) in [5.74, 6) is -0.593. The third-order valence-corrected chi connectivity index (χ3v) is 15.6. The second-order valence-electron chi connectivity index (χ2n) is 22.8. The van der Waals surface area contributed by atoms with Crippen LogP contribution >= 0.6 is 0 Å². The number of hydrogen-bond acceptors (Lipinski definition) is 5. The molecule has 0 saturated carbocycles. The summed E-state index contributed by atoms with van der Waals surface area (Å²) in [6, 6.07) is -1.01. The van der Waals surface area contributed by atoms with Crippen LogP contribution in [-0.2, 0) is 4.79 Å². The van der Waals surface area contributed by atoms with Crippen LogP contribution in [0.25, 0.3) is 0 Å². The fraction of sp³-hybridized carbons (Fsp3) is 0.896. The van der Waals surface area contributed by atoms with Crippen LogP contribution < -0.4 is 5.32 Å². The van der Waals surface area contributed by atoms with Gasteiger partial charge in [-0.3, -0.25) is 4.79 Å². The molecule has 0 bridgehead atoms. The molecule has 0 heterocycles. The summed E-state index contributed by atoms with van der Waals surface area (Å²) in [7, 11) is 0. The predicted octanol–water partition coefficient (Wildman–Crippen LogP) is 19.9. The monoisotopic (exact) mass is 1030 g/mol. The van der Waals surface area contributed by atoms with Gasteiger partial charge in [-0.1, -0.05) is 326 Å². The van der Waals surface area contributed by atoms with Gasteiger partial charge >= 0.3 is 0 Å². The van der Waals surface area contributed by atoms with E-state index >= 15 is 0 Å². The van der Waals surface area contributed by atoms with Gasteiger partial charge in [-0.25, -0.2) is 0 Å². The minimum absolute atomic E-state index is 0.362. The largest absolute Gasteiger partial charge is 0.394 e. The number of carbonyl (C=O) groups is 1. The van der Waals surface area contributed by atoms with E-state index in [1.54, 1.807) is 0 Å². The molecule has 432 valence electrons. The molecule has 0 aromatic rings. The van der Waals surface area contributed by atoms with Crippen molar-refractivity contribution in [2.75, 3.05) is 6.61 Å². The van der Waals surface area contributed by atoms with Crippen molar-refractivity contribution in [3.8, 4) is 0 Å². The highest BCUT2D eigenvalue weighted by molar-refractivity contribution is 5.80. The quantitative estimate of drug-likeness (QED) is 0.0308. The Morgan fingerprint density at radius 2 is 0.575 bits per heavy atom. The molecule has 4 atom stereocenters. The molecule has 0 saturated heterocycles. The predicted molar refractivity (Wildman–Crippen MR) is 321 cm³/mol. The highest BCUT2D eigenvalue weighted by Gasteiger charge is 2.28. The molecular formula is C67H129NO5. The Kier molecular flexibility index (Phi) is 60.1. The molecule has 0 aliphatic heterocycles. The third kappa shape index (κ3) is 55.1. The molecule has 0 aromatic carbocycles. The first-order valence-corrected chi connectivity index (χ1v) is 32.9. The van der Waals surface area contributed by atoms with Crippen LogP contribution in [0.15, 0.2) is 36.5 Å². The molecule has 0 aliphatic carbocycles. The molecular weight excluding hydrogens is 899 g/mol. The molecule has 0 fully saturated rings. The number of amides is 1. The van der Waals surface area contributed by atoms with Gasteiger partial charge < -0.3 is 25.7 Å². The first-order chi connectivity index (χ1) is 36.0. The van der Waals surface area contributed by atoms with E-state index in [9.17, 15) is 25.2 Å². The van der Waals surface area contributed by atoms with Gasteiger partial charge in [0.15, 0.2) is 0 Å². The summed E-state index contributed by atoms with van der Waals surface area (Å²) in [6.45, 7) is 4.09. The lowest BCUT2D eigenvalue weighted by molar-refractivity contribution is -0.132. The number of rotatable bonds is 61. The lowest BCUT2D eigenvalue weighted by atomic mass is 10.00. The number of carbonyl (C=O) groups excluding carboxylic acids is 1. The summed E-state index contributed by atoms with van der Waals surface area (Å²) in [4.78, 5) is 12.6. The van der Waals surface area contributed by atoms with Crippen LogP contribution in [-0.4, -0.2) is 57.3 Å². The van der Waals surface area contributed by atoms with E-state index in [4.69, 9.17) is 0 Å². The van der Waals surface area contributed by atoms with E-state index in [0.717, 1.165) is 51.4 Å². The lowest BCUT2D eigenvalue weighted by Gasteiger charge is -2.27. The average molecular weight is 1030 g/mol. The van der Waals surface area contributed by atoms with Gasteiger partial charge in [-0.05, 0) is 64.2 Å². The van der Waals surface area contributed by atoms with E-state index in [2.05, 4.69) is 55.6 Å². The van der Waals surface area contributed by atoms with Crippen molar-refractivity contribution >= 4 is 5.91 Å². The van der Waals surface area contributed by atoms with Gasteiger partial charge in [0.2, 0.25) is 5.91 Å². The summed E-state index contributed by atoms with van der Waals surface area (Å²) in [5.41, 5.74) is 0. The fourth-order valence-electron chi connectivity index (χ4n) is 10.4. The third-order valence-electron chi connectivity index (χ3n) is 15.6. The minimum atomic E-state index is -1.29. The normalized spacial score (nSPS) is 13.8. The van der Waals surface area contributed by atoms with Gasteiger partial charge in [0.25, 0.3) is 0 Å². The molecule has 0 spiro atoms. The molecule has 0 radical (unpaired) electrons. The zero-order valence-corrected chi connectivity index (χ0v) is 49.2. The molecule has 6 nitrogen and oxygen atoms in total. The highest BCUT2D eigenvalue weighted by Crippen LogP contribution is 2.19. The smallest absolute Gasteiger partial charge is 0.249 e. The van der Waals surface area contributed by atoms with E-state index in [1.165, 1.54) is 270 Å². The number of nitrogens with one attached hydrogen (secondary N) is 1. The Hall–Kier alpha value is -1.47. The molecule has 5 N–H and O–H groups in total. The van der Waals surface area contributed by atoms with Crippen molar-refractivity contribution in [3.63, 3.8) is 0 Å². The van der Waals surface area contributed by atoms with Crippen LogP contribution in [0, 0.1) is 0 Å². The van der Waals surface area contributed by atoms with Gasteiger partial charge in [0.05, 0.1) is 18.8 Å². The topological polar surface area (TPSA) is 110 Å². The molecule has 1 amide bonds. The maximum Gasteiger partial charge on any atom is 0.249 e. The van der Waals surface area contributed by atoms with E-state index in [0.29, 0.717) is 19.3 Å². The Morgan fingerprint density at radius 3 is 0.863 bits per heavy atom. The zero-order valence-electron chi connectivity index (χ0n) is 49.2. The van der Waals surface area contributed by atoms with Gasteiger partial charge in [-0.15, -0.1) is 0 Å². The van der Waals surface area contributed by atoms with Crippen LogP contribution in [0.1, 0.15) is 354 Å². The summed E-state index contributed by atoms with van der Waals surface area (Å²) in [5, 5.41) is 44.1. The van der Waals surface area contributed by atoms with Crippen molar-refractivity contribution < 1.29 is 25.2 Å². The Morgan fingerprint density at radius 1 is 0.329 bits per heavy atom. The molecule has 4 unspecified atom stereocenters. The van der Waals surface area contributed by atoms with Crippen LogP contribution in [0.5, 0.6) is 0 Å². The standard InChI is InChI=1S/C67H129NO5/c1-3-5-7-9-11-13-15-17-19-21-23-25-27-29-31-32-33-35-36-38-40-42-44-46-48-50-52-54-56-58-60-64(70)66(72)63(62-69)68-67(73)65(71)61-59-57-55-53-51-49-47-45-43-41-39-37-34-30-28-26-24-22-20-18-16-14-12-10-8-6-4-2/h36,38,44,46,52,54,63-66,69-72H,3-35,37,39-43,45,47-51,53,55-62H2,1-2H3,(H,68,73)/b38-36+,46-44+,54-52+. The summed E-state index contributed by atoms with van der Waals surface area (Å²) < 4.78 is 0. The molecule has 0 aromatic heterocycles. The Bertz CT molecular complexity index is 1150. The van der Waals surface area contributed by atoms with E-state index < -0.39 is 36.9 Å². The first kappa shape index (κ1) is 71.5. The number of aliphatic hydroxyl groups is 4. The Balaban J connectivity index is 3.63. The number of aliphatic hydroxyl groups excluding tert-OH is 4. The van der Waals surface area contributed by atoms with Crippen molar-refractivity contribution in [3.05, 3.63) is 36.5 Å². The van der Waals surface area contributed by atoms with Crippen LogP contribution in [0.3, 0.4) is 0 Å². The SMILES string of the molecule is CCCCCCCCCCCCCCCCCCC/C=C/CC/C=C/CC/C=C/CCCC(O)C(O)C(CO)NC(=O)C(O)CCCCCCCCCCCCCCCCCCCCCCCCCCCCC. The van der Waals surface area contributed by atoms with Crippen molar-refractivity contribution in [2.45, 2.75) is 379 Å². The number of unbranched alkanes of at least 4 members (excludes halogenated alkanes) is 46. The van der Waals surface area contributed by atoms with Crippen molar-refractivity contribution in [2.24, 2.45) is 0 Å². The second kappa shape index (κ2) is 61.4. The maximum absolute atomic E-state index is 12.6. The molecule has 0 aliphatic rings. The van der Waals surface area contributed by atoms with Crippen LogP contribution in [0.2, 0.25) is 0 Å². The molecule has 0 rings (SSSR count). The van der Waals surface area contributed by atoms with Gasteiger partial charge in [0, 0.05) is 0 Å². The lowest BCUT2D eigenvalue weighted by Crippen LogP contribution is -2.53. The molecule has 6 heteroatoms. The average Bonchev–Trinajstić information content (AvgIpc) is 3.40. The highest BCUT2D eigenvalue weighted by atomic mass is 16.3. The van der Waals surface area contributed by atoms with E-state index in [-0.39, 0.29) is 0 Å². The Labute approximate surface area is 456 Å². The van der Waals surface area contributed by atoms with E-state index in [1.807, 2.05) is 0 Å². The maximum atomic E-state index is 12.6. The van der Waals surface area contributed by atoms with Gasteiger partial charge in [0.1, 0.15) is 12.2 Å². The number of allylic oxidation sites excluding steroid dienone is 6. The summed E-state index contributed by atoms with van der Waals surface area (Å²) in [6.07, 6.45) is 78.3. The zero-order chi connectivity index (χ0) is 53.0. The molecule has 73 heavy (non-hydrogen) atoms. The first-order valence-electron chi connectivity index (χ1n) is 32.9.